The molecule has 0 bridgehead atoms. The molecule has 4 aromatic rings. The number of halogens is 5. The van der Waals surface area contributed by atoms with Crippen LogP contribution >= 0.6 is 0 Å². The lowest BCUT2D eigenvalue weighted by atomic mass is 9.84. The van der Waals surface area contributed by atoms with Gasteiger partial charge in [0.15, 0.2) is 5.60 Å². The molecule has 2 aromatic carbocycles. The lowest BCUT2D eigenvalue weighted by Crippen LogP contribution is -2.45. The molecule has 0 fully saturated rings. The van der Waals surface area contributed by atoms with Crippen LogP contribution in [0.2, 0.25) is 0 Å². The molecule has 12 heteroatoms. The first-order chi connectivity index (χ1) is 15.8. The van der Waals surface area contributed by atoms with Crippen LogP contribution in [0.5, 0.6) is 11.5 Å². The molecule has 33 heavy (non-hydrogen) atoms. The summed E-state index contributed by atoms with van der Waals surface area (Å²) in [5.74, 6) is -2.38. The molecular weight excluding hydrogens is 449 g/mol. The summed E-state index contributed by atoms with van der Waals surface area (Å²) < 4.78 is 75.8. The van der Waals surface area contributed by atoms with Gasteiger partial charge in [0, 0.05) is 11.6 Å². The van der Waals surface area contributed by atoms with Crippen molar-refractivity contribution in [2.24, 2.45) is 0 Å². The second-order valence-corrected chi connectivity index (χ2v) is 6.92. The van der Waals surface area contributed by atoms with Crippen molar-refractivity contribution in [2.75, 3.05) is 0 Å². The Bertz CT molecular complexity index is 1220. The molecule has 0 amide bonds. The highest BCUT2D eigenvalue weighted by atomic mass is 19.3. The summed E-state index contributed by atoms with van der Waals surface area (Å²) in [5, 5.41) is 21.5. The van der Waals surface area contributed by atoms with Crippen molar-refractivity contribution in [3.63, 3.8) is 0 Å². The number of hydrogen-bond donors (Lipinski definition) is 1. The number of tetrazole rings is 1. The summed E-state index contributed by atoms with van der Waals surface area (Å²) in [6.45, 7) is 0. The first-order valence-electron chi connectivity index (χ1n) is 9.37. The van der Waals surface area contributed by atoms with Gasteiger partial charge in [-0.25, -0.2) is 26.6 Å². The van der Waals surface area contributed by atoms with Crippen LogP contribution < -0.4 is 4.74 Å². The Balaban J connectivity index is 1.76. The highest BCUT2D eigenvalue weighted by Gasteiger charge is 2.52. The van der Waals surface area contributed by atoms with E-state index in [0.717, 1.165) is 23.1 Å². The second-order valence-electron chi connectivity index (χ2n) is 6.92. The number of aromatic nitrogens is 5. The van der Waals surface area contributed by atoms with Gasteiger partial charge in [0.05, 0.1) is 11.9 Å². The Labute approximate surface area is 183 Å². The van der Waals surface area contributed by atoms with E-state index in [4.69, 9.17) is 4.74 Å². The fourth-order valence-electron chi connectivity index (χ4n) is 3.30. The topological polar surface area (TPSA) is 86.0 Å². The minimum atomic E-state index is -3.55. The zero-order valence-electron chi connectivity index (χ0n) is 16.5. The molecule has 7 nitrogen and oxygen atoms in total. The Kier molecular flexibility index (Phi) is 6.01. The zero-order chi connectivity index (χ0) is 23.6. The maximum atomic E-state index is 14.5. The van der Waals surface area contributed by atoms with Gasteiger partial charge in [0.1, 0.15) is 41.3 Å². The molecule has 0 saturated carbocycles. The van der Waals surface area contributed by atoms with E-state index in [2.05, 4.69) is 20.5 Å². The van der Waals surface area contributed by atoms with Crippen molar-refractivity contribution in [3.8, 4) is 11.5 Å². The van der Waals surface area contributed by atoms with E-state index in [1.807, 2.05) is 0 Å². The lowest BCUT2D eigenvalue weighted by molar-refractivity contribution is -0.131. The van der Waals surface area contributed by atoms with Gasteiger partial charge in [0.2, 0.25) is 0 Å². The third-order valence-electron chi connectivity index (χ3n) is 4.83. The van der Waals surface area contributed by atoms with Gasteiger partial charge in [0.25, 0.3) is 6.43 Å². The van der Waals surface area contributed by atoms with E-state index in [-0.39, 0.29) is 11.4 Å². The Hall–Kier alpha value is -3.93. The van der Waals surface area contributed by atoms with E-state index in [1.54, 1.807) is 0 Å². The maximum Gasteiger partial charge on any atom is 0.273 e. The predicted molar refractivity (Wildman–Crippen MR) is 103 cm³/mol. The van der Waals surface area contributed by atoms with E-state index in [1.165, 1.54) is 42.6 Å². The number of pyridine rings is 1. The van der Waals surface area contributed by atoms with Crippen LogP contribution in [0, 0.1) is 17.5 Å². The van der Waals surface area contributed by atoms with E-state index in [9.17, 15) is 27.1 Å². The summed E-state index contributed by atoms with van der Waals surface area (Å²) in [4.78, 5) is 4.06. The van der Waals surface area contributed by atoms with Gasteiger partial charge < -0.3 is 9.84 Å². The van der Waals surface area contributed by atoms with Crippen LogP contribution in [0.1, 0.15) is 17.3 Å². The summed E-state index contributed by atoms with van der Waals surface area (Å²) in [5.41, 5.74) is -4.26. The minimum absolute atomic E-state index is 0.166. The Morgan fingerprint density at radius 1 is 0.909 bits per heavy atom. The minimum Gasteiger partial charge on any atom is -0.456 e. The normalized spacial score (nSPS) is 14.2. The molecule has 0 aliphatic carbocycles. The quantitative estimate of drug-likeness (QED) is 0.417. The van der Waals surface area contributed by atoms with Crippen molar-refractivity contribution in [1.29, 1.82) is 0 Å². The predicted octanol–water partition coefficient (Wildman–Crippen LogP) is 4.02. The highest BCUT2D eigenvalue weighted by molar-refractivity contribution is 5.34. The van der Waals surface area contributed by atoms with Gasteiger partial charge in [-0.15, -0.1) is 5.10 Å². The average molecular weight is 463 g/mol. The molecule has 0 radical (unpaired) electrons. The van der Waals surface area contributed by atoms with Crippen LogP contribution in [0.3, 0.4) is 0 Å². The van der Waals surface area contributed by atoms with Crippen LogP contribution in [-0.4, -0.2) is 36.7 Å². The van der Waals surface area contributed by atoms with Crippen LogP contribution in [0.25, 0.3) is 0 Å². The molecule has 170 valence electrons. The van der Waals surface area contributed by atoms with Crippen LogP contribution in [0.4, 0.5) is 22.0 Å². The van der Waals surface area contributed by atoms with Crippen molar-refractivity contribution < 1.29 is 31.8 Å². The first kappa shape index (κ1) is 22.3. The van der Waals surface area contributed by atoms with E-state index >= 15 is 0 Å². The molecule has 0 saturated heterocycles. The molecule has 0 aliphatic heterocycles. The standard InChI is InChI=1S/C21H14F5N5O2/c22-12-1-4-14(5-2-12)33-15-6-8-18(27-10-15)19(31-11-28-29-30-31)21(32,20(25)26)16-7-3-13(23)9-17(16)24/h1-11,19-20,32H. The van der Waals surface area contributed by atoms with E-state index in [0.29, 0.717) is 11.8 Å². The van der Waals surface area contributed by atoms with Crippen molar-refractivity contribution in [1.82, 2.24) is 25.2 Å². The highest BCUT2D eigenvalue weighted by Crippen LogP contribution is 2.43. The van der Waals surface area contributed by atoms with Gasteiger partial charge in [-0.1, -0.05) is 0 Å². The van der Waals surface area contributed by atoms with Gasteiger partial charge in [-0.2, -0.15) is 0 Å². The number of benzene rings is 2. The Morgan fingerprint density at radius 2 is 1.61 bits per heavy atom. The first-order valence-corrected chi connectivity index (χ1v) is 9.37. The maximum absolute atomic E-state index is 14.5. The summed E-state index contributed by atoms with van der Waals surface area (Å²) in [6.07, 6.45) is -1.43. The summed E-state index contributed by atoms with van der Waals surface area (Å²) >= 11 is 0. The molecule has 2 unspecified atom stereocenters. The van der Waals surface area contributed by atoms with Crippen molar-refractivity contribution >= 4 is 0 Å². The van der Waals surface area contributed by atoms with Crippen molar-refractivity contribution in [3.05, 3.63) is 95.8 Å². The van der Waals surface area contributed by atoms with Gasteiger partial charge >= 0.3 is 0 Å². The molecule has 0 aliphatic rings. The monoisotopic (exact) mass is 463 g/mol. The number of nitrogens with zero attached hydrogens (tertiary/aromatic N) is 5. The molecule has 4 rings (SSSR count). The molecule has 2 atom stereocenters. The molecule has 2 heterocycles. The third-order valence-corrected chi connectivity index (χ3v) is 4.83. The van der Waals surface area contributed by atoms with Gasteiger partial charge in [-0.05, 0) is 59.0 Å². The summed E-state index contributed by atoms with van der Waals surface area (Å²) in [6, 6.07) is 7.78. The average Bonchev–Trinajstić information content (AvgIpc) is 3.30. The number of aliphatic hydroxyl groups is 1. The van der Waals surface area contributed by atoms with Gasteiger partial charge in [-0.3, -0.25) is 4.98 Å². The molecule has 2 aromatic heterocycles. The summed E-state index contributed by atoms with van der Waals surface area (Å²) in [7, 11) is 0. The lowest BCUT2D eigenvalue weighted by Gasteiger charge is -2.35. The molecule has 1 N–H and O–H groups in total. The number of hydrogen-bond acceptors (Lipinski definition) is 6. The SMILES string of the molecule is OC(c1ccc(F)cc1F)(C(F)F)C(c1ccc(Oc2ccc(F)cc2)cn1)n1cnnn1. The fraction of sp³-hybridized carbons (Fsp3) is 0.143. The van der Waals surface area contributed by atoms with Crippen LogP contribution in [-0.2, 0) is 5.60 Å². The zero-order valence-corrected chi connectivity index (χ0v) is 16.5. The second kappa shape index (κ2) is 8.90. The largest absolute Gasteiger partial charge is 0.456 e. The van der Waals surface area contributed by atoms with Crippen molar-refractivity contribution in [2.45, 2.75) is 18.1 Å². The Morgan fingerprint density at radius 3 is 2.18 bits per heavy atom. The molecular formula is C21H14F5N5O2. The third kappa shape index (κ3) is 4.37. The number of rotatable bonds is 7. The fourth-order valence-corrected chi connectivity index (χ4v) is 3.30. The number of alkyl halides is 2. The number of ether oxygens (including phenoxy) is 1. The molecule has 0 spiro atoms. The van der Waals surface area contributed by atoms with E-state index < -0.39 is 41.1 Å². The van der Waals surface area contributed by atoms with Crippen LogP contribution in [0.15, 0.2) is 67.1 Å². The smallest absolute Gasteiger partial charge is 0.273 e.